The number of carbonyl (C=O) groups excluding carboxylic acids is 1. The number of sulfonamides is 1. The lowest BCUT2D eigenvalue weighted by atomic mass is 10.1. The highest BCUT2D eigenvalue weighted by Gasteiger charge is 2.22. The Balaban J connectivity index is 1.96. The Morgan fingerprint density at radius 1 is 0.958 bits per heavy atom. The molecule has 24 heavy (non-hydrogen) atoms. The molecule has 128 valence electrons. The zero-order valence-corrected chi connectivity index (χ0v) is 14.4. The summed E-state index contributed by atoms with van der Waals surface area (Å²) >= 11 is 0. The fourth-order valence-electron chi connectivity index (χ4n) is 2.39. The summed E-state index contributed by atoms with van der Waals surface area (Å²) in [5.41, 5.74) is 2.02. The van der Waals surface area contributed by atoms with Crippen molar-refractivity contribution in [1.29, 1.82) is 0 Å². The van der Waals surface area contributed by atoms with Crippen molar-refractivity contribution in [2.75, 3.05) is 12.8 Å². The molecule has 2 N–H and O–H groups in total. The van der Waals surface area contributed by atoms with Gasteiger partial charge in [0.05, 0.1) is 6.26 Å². The smallest absolute Gasteiger partial charge is 0.238 e. The van der Waals surface area contributed by atoms with Crippen molar-refractivity contribution in [3.63, 3.8) is 0 Å². The molecule has 0 saturated carbocycles. The summed E-state index contributed by atoms with van der Waals surface area (Å²) in [4.78, 5) is 12.4. The Bertz CT molecular complexity index is 746. The average Bonchev–Trinajstić information content (AvgIpc) is 2.55. The molecule has 0 fully saturated rings. The van der Waals surface area contributed by atoms with Gasteiger partial charge in [0.25, 0.3) is 0 Å². The molecule has 1 amide bonds. The maximum Gasteiger partial charge on any atom is 0.238 e. The molecule has 2 rings (SSSR count). The first-order valence-corrected chi connectivity index (χ1v) is 9.66. The number of benzene rings is 2. The molecule has 0 aliphatic heterocycles. The van der Waals surface area contributed by atoms with Crippen LogP contribution in [0.2, 0.25) is 0 Å². The maximum absolute atomic E-state index is 12.4. The van der Waals surface area contributed by atoms with E-state index in [0.717, 1.165) is 17.4 Å². The van der Waals surface area contributed by atoms with Crippen LogP contribution in [0.3, 0.4) is 0 Å². The van der Waals surface area contributed by atoms with Crippen molar-refractivity contribution < 1.29 is 13.2 Å². The zero-order chi connectivity index (χ0) is 17.4. The van der Waals surface area contributed by atoms with E-state index in [2.05, 4.69) is 10.0 Å². The first kappa shape index (κ1) is 18.2. The van der Waals surface area contributed by atoms with Crippen molar-refractivity contribution >= 4 is 15.9 Å². The molecular weight excluding hydrogens is 324 g/mol. The largest absolute Gasteiger partial charge is 0.354 e. The molecule has 0 aromatic heterocycles. The number of amides is 1. The molecule has 1 atom stereocenters. The van der Waals surface area contributed by atoms with E-state index in [4.69, 9.17) is 0 Å². The van der Waals surface area contributed by atoms with Crippen molar-refractivity contribution in [3.05, 3.63) is 71.8 Å². The third-order valence-electron chi connectivity index (χ3n) is 3.51. The fraction of sp³-hybridized carbons (Fsp3) is 0.278. The number of nitrogens with one attached hydrogen (secondary N) is 2. The Labute approximate surface area is 143 Å². The van der Waals surface area contributed by atoms with Gasteiger partial charge in [0.2, 0.25) is 15.9 Å². The van der Waals surface area contributed by atoms with Crippen LogP contribution in [0, 0.1) is 0 Å². The second-order valence-corrected chi connectivity index (χ2v) is 7.44. The van der Waals surface area contributed by atoms with E-state index in [-0.39, 0.29) is 5.91 Å². The van der Waals surface area contributed by atoms with E-state index in [1.54, 1.807) is 0 Å². The highest BCUT2D eigenvalue weighted by atomic mass is 32.2. The van der Waals surface area contributed by atoms with Crippen LogP contribution < -0.4 is 10.0 Å². The Morgan fingerprint density at radius 2 is 1.50 bits per heavy atom. The summed E-state index contributed by atoms with van der Waals surface area (Å²) in [5, 5.41) is 2.81. The molecule has 0 unspecified atom stereocenters. The van der Waals surface area contributed by atoms with Gasteiger partial charge < -0.3 is 5.32 Å². The van der Waals surface area contributed by atoms with Gasteiger partial charge in [-0.2, -0.15) is 0 Å². The second-order valence-electron chi connectivity index (χ2n) is 5.66. The normalized spacial score (nSPS) is 12.5. The van der Waals surface area contributed by atoms with Gasteiger partial charge in [-0.15, -0.1) is 0 Å². The van der Waals surface area contributed by atoms with Gasteiger partial charge >= 0.3 is 0 Å². The van der Waals surface area contributed by atoms with E-state index < -0.39 is 16.1 Å². The SMILES string of the molecule is CS(=O)(=O)N[C@H](Cc1ccccc1)C(=O)NCCc1ccccc1. The van der Waals surface area contributed by atoms with Crippen molar-refractivity contribution in [1.82, 2.24) is 10.0 Å². The molecule has 2 aromatic rings. The van der Waals surface area contributed by atoms with Crippen LogP contribution in [0.5, 0.6) is 0 Å². The van der Waals surface area contributed by atoms with Gasteiger partial charge in [-0.25, -0.2) is 13.1 Å². The molecule has 0 radical (unpaired) electrons. The van der Waals surface area contributed by atoms with E-state index in [0.29, 0.717) is 19.4 Å². The quantitative estimate of drug-likeness (QED) is 0.761. The van der Waals surface area contributed by atoms with Crippen LogP contribution in [-0.4, -0.2) is 33.2 Å². The molecule has 0 spiro atoms. The second kappa shape index (κ2) is 8.61. The highest BCUT2D eigenvalue weighted by molar-refractivity contribution is 7.88. The number of rotatable bonds is 8. The lowest BCUT2D eigenvalue weighted by Gasteiger charge is -2.17. The van der Waals surface area contributed by atoms with Gasteiger partial charge in [0, 0.05) is 6.54 Å². The Morgan fingerprint density at radius 3 is 2.04 bits per heavy atom. The molecule has 0 aliphatic rings. The summed E-state index contributed by atoms with van der Waals surface area (Å²) < 4.78 is 25.5. The zero-order valence-electron chi connectivity index (χ0n) is 13.6. The number of hydrogen-bond acceptors (Lipinski definition) is 3. The lowest BCUT2D eigenvalue weighted by molar-refractivity contribution is -0.122. The number of hydrogen-bond donors (Lipinski definition) is 2. The molecule has 0 aliphatic carbocycles. The van der Waals surface area contributed by atoms with Crippen molar-refractivity contribution in [3.8, 4) is 0 Å². The molecule has 5 nitrogen and oxygen atoms in total. The maximum atomic E-state index is 12.4. The van der Waals surface area contributed by atoms with Crippen molar-refractivity contribution in [2.45, 2.75) is 18.9 Å². The van der Waals surface area contributed by atoms with Gasteiger partial charge in [-0.05, 0) is 24.0 Å². The summed E-state index contributed by atoms with van der Waals surface area (Å²) in [6.07, 6.45) is 2.07. The standard InChI is InChI=1S/C18H22N2O3S/c1-24(22,23)20-17(14-16-10-6-3-7-11-16)18(21)19-13-12-15-8-4-2-5-9-15/h2-11,17,20H,12-14H2,1H3,(H,19,21)/t17-/m1/s1. The Kier molecular flexibility index (Phi) is 6.52. The topological polar surface area (TPSA) is 75.3 Å². The lowest BCUT2D eigenvalue weighted by Crippen LogP contribution is -2.48. The van der Waals surface area contributed by atoms with Crippen LogP contribution in [0.1, 0.15) is 11.1 Å². The highest BCUT2D eigenvalue weighted by Crippen LogP contribution is 2.05. The number of carbonyl (C=O) groups is 1. The molecule has 0 heterocycles. The van der Waals surface area contributed by atoms with Crippen LogP contribution in [0.15, 0.2) is 60.7 Å². The summed E-state index contributed by atoms with van der Waals surface area (Å²) in [7, 11) is -3.48. The predicted octanol–water partition coefficient (Wildman–Crippen LogP) is 1.51. The Hall–Kier alpha value is -2.18. The molecule has 2 aromatic carbocycles. The summed E-state index contributed by atoms with van der Waals surface area (Å²) in [6.45, 7) is 0.458. The van der Waals surface area contributed by atoms with Gasteiger partial charge in [0.15, 0.2) is 0 Å². The van der Waals surface area contributed by atoms with Gasteiger partial charge in [-0.1, -0.05) is 60.7 Å². The minimum Gasteiger partial charge on any atom is -0.354 e. The van der Waals surface area contributed by atoms with Crippen molar-refractivity contribution in [2.24, 2.45) is 0 Å². The van der Waals surface area contributed by atoms with Crippen LogP contribution in [0.4, 0.5) is 0 Å². The van der Waals surface area contributed by atoms with E-state index in [9.17, 15) is 13.2 Å². The first-order chi connectivity index (χ1) is 11.4. The minimum absolute atomic E-state index is 0.311. The fourth-order valence-corrected chi connectivity index (χ4v) is 3.10. The van der Waals surface area contributed by atoms with Gasteiger partial charge in [-0.3, -0.25) is 4.79 Å². The summed E-state index contributed by atoms with van der Waals surface area (Å²) in [6, 6.07) is 18.3. The third-order valence-corrected chi connectivity index (χ3v) is 4.22. The van der Waals surface area contributed by atoms with E-state index in [1.807, 2.05) is 60.7 Å². The van der Waals surface area contributed by atoms with Gasteiger partial charge in [0.1, 0.15) is 6.04 Å². The molecule has 6 heteroatoms. The third kappa shape index (κ3) is 6.52. The first-order valence-electron chi connectivity index (χ1n) is 7.77. The van der Waals surface area contributed by atoms with Crippen LogP contribution in [0.25, 0.3) is 0 Å². The molecular formula is C18H22N2O3S. The average molecular weight is 346 g/mol. The van der Waals surface area contributed by atoms with E-state index in [1.165, 1.54) is 0 Å². The monoisotopic (exact) mass is 346 g/mol. The molecule has 0 saturated heterocycles. The summed E-state index contributed by atoms with van der Waals surface area (Å²) in [5.74, 6) is -0.319. The predicted molar refractivity (Wildman–Crippen MR) is 95.1 cm³/mol. The molecule has 0 bridgehead atoms. The van der Waals surface area contributed by atoms with Crippen LogP contribution >= 0.6 is 0 Å². The van der Waals surface area contributed by atoms with E-state index >= 15 is 0 Å². The minimum atomic E-state index is -3.48. The van der Waals surface area contributed by atoms with Crippen LogP contribution in [-0.2, 0) is 27.7 Å².